The number of fused-ring (bicyclic) bond motifs is 1. The molecule has 9 heteroatoms. The first-order valence-electron chi connectivity index (χ1n) is 10.3. The van der Waals surface area contributed by atoms with Crippen LogP contribution in [0.1, 0.15) is 17.0 Å². The first-order valence-corrected chi connectivity index (χ1v) is 10.3. The van der Waals surface area contributed by atoms with Gasteiger partial charge in [-0.3, -0.25) is 9.36 Å². The minimum atomic E-state index is 0.117. The Hall–Kier alpha value is -3.62. The molecule has 0 bridgehead atoms. The molecule has 0 saturated carbocycles. The highest BCUT2D eigenvalue weighted by Crippen LogP contribution is 2.32. The average Bonchev–Trinajstić information content (AvgIpc) is 3.40. The first kappa shape index (κ1) is 19.3. The van der Waals surface area contributed by atoms with Crippen LogP contribution in [0.4, 0.5) is 5.82 Å². The molecule has 1 amide bonds. The SMILES string of the molecule is Cc1ncn(-c2cc(N3CCN(C(=O)Cc4ccc5c(c4)OCO5)CC3)ncn2)c1C. The molecule has 3 aromatic rings. The van der Waals surface area contributed by atoms with E-state index in [1.54, 1.807) is 12.7 Å². The summed E-state index contributed by atoms with van der Waals surface area (Å²) in [7, 11) is 0. The lowest BCUT2D eigenvalue weighted by atomic mass is 10.1. The minimum absolute atomic E-state index is 0.117. The van der Waals surface area contributed by atoms with Crippen LogP contribution in [0.2, 0.25) is 0 Å². The number of hydrogen-bond acceptors (Lipinski definition) is 7. The summed E-state index contributed by atoms with van der Waals surface area (Å²) in [6, 6.07) is 7.64. The monoisotopic (exact) mass is 420 g/mol. The molecule has 1 saturated heterocycles. The summed E-state index contributed by atoms with van der Waals surface area (Å²) in [6.07, 6.45) is 3.72. The van der Waals surface area contributed by atoms with Crippen LogP contribution in [-0.4, -0.2) is 63.3 Å². The number of carbonyl (C=O) groups is 1. The Morgan fingerprint density at radius 3 is 2.52 bits per heavy atom. The largest absolute Gasteiger partial charge is 0.454 e. The van der Waals surface area contributed by atoms with Gasteiger partial charge in [-0.15, -0.1) is 0 Å². The summed E-state index contributed by atoms with van der Waals surface area (Å²) in [5, 5.41) is 0. The van der Waals surface area contributed by atoms with Crippen molar-refractivity contribution in [1.82, 2.24) is 24.4 Å². The molecule has 9 nitrogen and oxygen atoms in total. The van der Waals surface area contributed by atoms with Crippen molar-refractivity contribution < 1.29 is 14.3 Å². The highest BCUT2D eigenvalue weighted by atomic mass is 16.7. The van der Waals surface area contributed by atoms with Crippen molar-refractivity contribution in [3.63, 3.8) is 0 Å². The molecule has 1 aromatic carbocycles. The Bertz CT molecular complexity index is 1120. The number of benzene rings is 1. The summed E-state index contributed by atoms with van der Waals surface area (Å²) in [5.41, 5.74) is 2.97. The normalized spacial score (nSPS) is 15.4. The van der Waals surface area contributed by atoms with Crippen molar-refractivity contribution in [2.45, 2.75) is 20.3 Å². The molecule has 0 spiro atoms. The predicted octanol–water partition coefficient (Wildman–Crippen LogP) is 1.90. The number of rotatable bonds is 4. The molecular formula is C22H24N6O3. The molecule has 1 fully saturated rings. The number of nitrogens with zero attached hydrogens (tertiary/aromatic N) is 6. The number of hydrogen-bond donors (Lipinski definition) is 0. The van der Waals surface area contributed by atoms with E-state index in [-0.39, 0.29) is 12.7 Å². The summed E-state index contributed by atoms with van der Waals surface area (Å²) >= 11 is 0. The smallest absolute Gasteiger partial charge is 0.231 e. The van der Waals surface area contributed by atoms with Crippen molar-refractivity contribution >= 4 is 11.7 Å². The average molecular weight is 420 g/mol. The number of anilines is 1. The highest BCUT2D eigenvalue weighted by Gasteiger charge is 2.23. The van der Waals surface area contributed by atoms with Crippen LogP contribution in [-0.2, 0) is 11.2 Å². The zero-order valence-electron chi connectivity index (χ0n) is 17.6. The van der Waals surface area contributed by atoms with Crippen LogP contribution >= 0.6 is 0 Å². The van der Waals surface area contributed by atoms with E-state index in [2.05, 4.69) is 19.9 Å². The second kappa shape index (κ2) is 7.90. The van der Waals surface area contributed by atoms with Gasteiger partial charge in [0.15, 0.2) is 11.5 Å². The van der Waals surface area contributed by atoms with Gasteiger partial charge in [-0.2, -0.15) is 0 Å². The third-order valence-electron chi connectivity index (χ3n) is 5.89. The topological polar surface area (TPSA) is 85.6 Å². The van der Waals surface area contributed by atoms with Crippen molar-refractivity contribution in [2.75, 3.05) is 37.9 Å². The summed E-state index contributed by atoms with van der Waals surface area (Å²) in [4.78, 5) is 30.1. The summed E-state index contributed by atoms with van der Waals surface area (Å²) in [5.74, 6) is 3.21. The second-order valence-corrected chi connectivity index (χ2v) is 7.75. The van der Waals surface area contributed by atoms with Gasteiger partial charge < -0.3 is 19.3 Å². The van der Waals surface area contributed by atoms with Crippen LogP contribution in [0.5, 0.6) is 11.5 Å². The molecule has 0 unspecified atom stereocenters. The molecular weight excluding hydrogens is 396 g/mol. The fourth-order valence-corrected chi connectivity index (χ4v) is 3.89. The number of carbonyl (C=O) groups excluding carboxylic acids is 1. The zero-order chi connectivity index (χ0) is 21.4. The number of ether oxygens (including phenoxy) is 2. The Morgan fingerprint density at radius 1 is 0.968 bits per heavy atom. The molecule has 2 aliphatic rings. The molecule has 4 heterocycles. The van der Waals surface area contributed by atoms with Gasteiger partial charge in [-0.05, 0) is 31.5 Å². The van der Waals surface area contributed by atoms with Gasteiger partial charge in [0.2, 0.25) is 12.7 Å². The van der Waals surface area contributed by atoms with Crippen LogP contribution in [0.15, 0.2) is 36.9 Å². The zero-order valence-corrected chi connectivity index (χ0v) is 17.6. The number of aromatic nitrogens is 4. The number of imidazole rings is 1. The van der Waals surface area contributed by atoms with Crippen LogP contribution in [0, 0.1) is 13.8 Å². The molecule has 160 valence electrons. The molecule has 0 atom stereocenters. The van der Waals surface area contributed by atoms with Crippen molar-refractivity contribution in [2.24, 2.45) is 0 Å². The van der Waals surface area contributed by atoms with Crippen molar-refractivity contribution in [1.29, 1.82) is 0 Å². The van der Waals surface area contributed by atoms with Gasteiger partial charge in [0.25, 0.3) is 0 Å². The number of piperazine rings is 1. The Balaban J connectivity index is 1.22. The maximum atomic E-state index is 12.8. The van der Waals surface area contributed by atoms with Crippen LogP contribution in [0.3, 0.4) is 0 Å². The van der Waals surface area contributed by atoms with Gasteiger partial charge >= 0.3 is 0 Å². The molecule has 31 heavy (non-hydrogen) atoms. The maximum Gasteiger partial charge on any atom is 0.231 e. The lowest BCUT2D eigenvalue weighted by Crippen LogP contribution is -2.49. The van der Waals surface area contributed by atoms with Gasteiger partial charge in [-0.1, -0.05) is 6.07 Å². The van der Waals surface area contributed by atoms with E-state index < -0.39 is 0 Å². The van der Waals surface area contributed by atoms with Gasteiger partial charge in [-0.25, -0.2) is 15.0 Å². The molecule has 5 rings (SSSR count). The quantitative estimate of drug-likeness (QED) is 0.637. The van der Waals surface area contributed by atoms with Crippen LogP contribution < -0.4 is 14.4 Å². The second-order valence-electron chi connectivity index (χ2n) is 7.75. The molecule has 0 N–H and O–H groups in total. The third-order valence-corrected chi connectivity index (χ3v) is 5.89. The standard InChI is InChI=1S/C22H24N6O3/c1-15-16(2)28(13-25-15)21-11-20(23-12-24-21)26-5-7-27(8-6-26)22(29)10-17-3-4-18-19(9-17)31-14-30-18/h3-4,9,11-13H,5-8,10,14H2,1-2H3. The van der Waals surface area contributed by atoms with E-state index in [1.165, 1.54) is 0 Å². The summed E-state index contributed by atoms with van der Waals surface area (Å²) in [6.45, 7) is 7.01. The lowest BCUT2D eigenvalue weighted by molar-refractivity contribution is -0.130. The third kappa shape index (κ3) is 3.78. The first-order chi connectivity index (χ1) is 15.1. The minimum Gasteiger partial charge on any atom is -0.454 e. The van der Waals surface area contributed by atoms with Gasteiger partial charge in [0.1, 0.15) is 24.3 Å². The van der Waals surface area contributed by atoms with E-state index in [0.29, 0.717) is 25.3 Å². The Kier molecular flexibility index (Phi) is 4.93. The molecule has 0 radical (unpaired) electrons. The number of aryl methyl sites for hydroxylation is 1. The van der Waals surface area contributed by atoms with Crippen molar-refractivity contribution in [3.05, 3.63) is 53.9 Å². The Labute approximate surface area is 180 Å². The van der Waals surface area contributed by atoms with E-state index in [9.17, 15) is 4.79 Å². The fraction of sp³-hybridized carbons (Fsp3) is 0.364. The Morgan fingerprint density at radius 2 is 1.74 bits per heavy atom. The molecule has 2 aliphatic heterocycles. The summed E-state index contributed by atoms with van der Waals surface area (Å²) < 4.78 is 12.7. The van der Waals surface area contributed by atoms with Gasteiger partial charge in [0, 0.05) is 37.9 Å². The lowest BCUT2D eigenvalue weighted by Gasteiger charge is -2.35. The fourth-order valence-electron chi connectivity index (χ4n) is 3.89. The van der Waals surface area contributed by atoms with Crippen LogP contribution in [0.25, 0.3) is 5.82 Å². The molecule has 0 aliphatic carbocycles. The predicted molar refractivity (Wildman–Crippen MR) is 114 cm³/mol. The van der Waals surface area contributed by atoms with E-state index in [0.717, 1.165) is 47.4 Å². The van der Waals surface area contributed by atoms with E-state index in [1.807, 2.05) is 47.6 Å². The van der Waals surface area contributed by atoms with Crippen molar-refractivity contribution in [3.8, 4) is 17.3 Å². The molecule has 2 aromatic heterocycles. The van der Waals surface area contributed by atoms with Gasteiger partial charge in [0.05, 0.1) is 12.1 Å². The van der Waals surface area contributed by atoms with E-state index in [4.69, 9.17) is 9.47 Å². The maximum absolute atomic E-state index is 12.8. The highest BCUT2D eigenvalue weighted by molar-refractivity contribution is 5.79. The van der Waals surface area contributed by atoms with E-state index >= 15 is 0 Å². The number of amides is 1.